The smallest absolute Gasteiger partial charge is 0.0491 e. The van der Waals surface area contributed by atoms with Crippen molar-refractivity contribution in [3.05, 3.63) is 66.1 Å². The van der Waals surface area contributed by atoms with Gasteiger partial charge in [-0.05, 0) is 35.6 Å². The number of hydrogen-bond donors (Lipinski definition) is 0. The topological polar surface area (TPSA) is 17.8 Å². The van der Waals surface area contributed by atoms with Gasteiger partial charge in [-0.15, -0.1) is 0 Å². The molecule has 2 aromatic heterocycles. The molecule has 0 bridgehead atoms. The van der Waals surface area contributed by atoms with Gasteiger partial charge >= 0.3 is 0 Å². The lowest BCUT2D eigenvalue weighted by Gasteiger charge is -2.05. The van der Waals surface area contributed by atoms with Gasteiger partial charge in [-0.2, -0.15) is 0 Å². The highest BCUT2D eigenvalue weighted by Gasteiger charge is 2.01. The van der Waals surface area contributed by atoms with E-state index in [0.29, 0.717) is 0 Å². The van der Waals surface area contributed by atoms with Crippen LogP contribution < -0.4 is 0 Å². The van der Waals surface area contributed by atoms with Gasteiger partial charge in [0.05, 0.1) is 0 Å². The third kappa shape index (κ3) is 1.94. The van der Waals surface area contributed by atoms with Gasteiger partial charge < -0.3 is 4.57 Å². The van der Waals surface area contributed by atoms with Crippen molar-refractivity contribution in [3.63, 3.8) is 0 Å². The van der Waals surface area contributed by atoms with E-state index in [9.17, 15) is 0 Å². The number of rotatable bonds is 2. The van der Waals surface area contributed by atoms with E-state index in [1.807, 2.05) is 12.4 Å². The third-order valence-corrected chi connectivity index (χ3v) is 2.96. The second-order valence-electron chi connectivity index (χ2n) is 4.37. The first kappa shape index (κ1) is 10.1. The maximum atomic E-state index is 4.23. The number of nitrogens with zero attached hydrogens (tertiary/aromatic N) is 2. The number of aryl methyl sites for hydroxylation is 1. The lowest BCUT2D eigenvalue weighted by Crippen LogP contribution is -1.98. The highest BCUT2D eigenvalue weighted by molar-refractivity contribution is 5.79. The van der Waals surface area contributed by atoms with Crippen molar-refractivity contribution in [1.82, 2.24) is 9.55 Å². The van der Waals surface area contributed by atoms with Crippen molar-refractivity contribution in [2.45, 2.75) is 13.5 Å². The summed E-state index contributed by atoms with van der Waals surface area (Å²) in [6.07, 6.45) is 5.95. The van der Waals surface area contributed by atoms with Gasteiger partial charge in [0.15, 0.2) is 0 Å². The van der Waals surface area contributed by atoms with Crippen LogP contribution in [0.1, 0.15) is 11.1 Å². The highest BCUT2D eigenvalue weighted by atomic mass is 15.0. The van der Waals surface area contributed by atoms with Gasteiger partial charge in [-0.1, -0.05) is 24.3 Å². The van der Waals surface area contributed by atoms with Gasteiger partial charge in [0.25, 0.3) is 0 Å². The molecule has 2 nitrogen and oxygen atoms in total. The van der Waals surface area contributed by atoms with E-state index in [2.05, 4.69) is 59.1 Å². The Labute approximate surface area is 101 Å². The molecular formula is C15H14N2. The van der Waals surface area contributed by atoms with Crippen molar-refractivity contribution < 1.29 is 0 Å². The minimum absolute atomic E-state index is 0.877. The van der Waals surface area contributed by atoms with Crippen LogP contribution in [-0.4, -0.2) is 9.55 Å². The molecule has 17 heavy (non-hydrogen) atoms. The number of aromatic nitrogens is 2. The van der Waals surface area contributed by atoms with Crippen molar-refractivity contribution in [2.24, 2.45) is 0 Å². The first-order chi connectivity index (χ1) is 8.33. The molecule has 2 heterocycles. The van der Waals surface area contributed by atoms with Crippen LogP contribution in [0.2, 0.25) is 0 Å². The second kappa shape index (κ2) is 4.06. The predicted molar refractivity (Wildman–Crippen MR) is 70.0 cm³/mol. The molecule has 3 rings (SSSR count). The first-order valence-corrected chi connectivity index (χ1v) is 5.77. The summed E-state index contributed by atoms with van der Waals surface area (Å²) in [4.78, 5) is 4.23. The van der Waals surface area contributed by atoms with Gasteiger partial charge in [-0.3, -0.25) is 4.98 Å². The molecule has 0 N–H and O–H groups in total. The number of pyridine rings is 1. The Kier molecular flexibility index (Phi) is 2.41. The van der Waals surface area contributed by atoms with E-state index >= 15 is 0 Å². The fourth-order valence-corrected chi connectivity index (χ4v) is 2.18. The number of para-hydroxylation sites is 1. The normalized spacial score (nSPS) is 10.9. The van der Waals surface area contributed by atoms with Crippen LogP contribution in [0.5, 0.6) is 0 Å². The molecule has 0 aliphatic heterocycles. The molecule has 0 aliphatic rings. The summed E-state index contributed by atoms with van der Waals surface area (Å²) in [6.45, 7) is 2.95. The Morgan fingerprint density at radius 2 is 2.00 bits per heavy atom. The van der Waals surface area contributed by atoms with Crippen LogP contribution in [0.15, 0.2) is 55.0 Å². The summed E-state index contributed by atoms with van der Waals surface area (Å²) < 4.78 is 2.26. The van der Waals surface area contributed by atoms with E-state index in [1.165, 1.54) is 22.0 Å². The zero-order valence-corrected chi connectivity index (χ0v) is 9.80. The Bertz CT molecular complexity index is 653. The summed E-state index contributed by atoms with van der Waals surface area (Å²) in [5.41, 5.74) is 3.72. The van der Waals surface area contributed by atoms with Crippen molar-refractivity contribution in [2.75, 3.05) is 0 Å². The molecule has 0 spiro atoms. The zero-order valence-electron chi connectivity index (χ0n) is 9.80. The van der Waals surface area contributed by atoms with Crippen LogP contribution >= 0.6 is 0 Å². The molecule has 2 heteroatoms. The monoisotopic (exact) mass is 222 g/mol. The highest BCUT2D eigenvalue weighted by Crippen LogP contribution is 2.16. The quantitative estimate of drug-likeness (QED) is 0.650. The maximum Gasteiger partial charge on any atom is 0.0491 e. The Balaban J connectivity index is 2.00. The second-order valence-corrected chi connectivity index (χ2v) is 4.37. The first-order valence-electron chi connectivity index (χ1n) is 5.77. The molecule has 0 radical (unpaired) electrons. The maximum absolute atomic E-state index is 4.23. The molecule has 0 aliphatic carbocycles. The van der Waals surface area contributed by atoms with E-state index in [4.69, 9.17) is 0 Å². The molecule has 0 fully saturated rings. The van der Waals surface area contributed by atoms with E-state index in [-0.39, 0.29) is 0 Å². The zero-order chi connectivity index (χ0) is 11.7. The SMILES string of the molecule is Cc1cncc(Cn2ccc3ccccc32)c1. The number of fused-ring (bicyclic) bond motifs is 1. The standard InChI is InChI=1S/C15H14N2/c1-12-8-13(10-16-9-12)11-17-7-6-14-4-2-3-5-15(14)17/h2-10H,11H2,1H3. The average Bonchev–Trinajstić information content (AvgIpc) is 2.73. The summed E-state index contributed by atoms with van der Waals surface area (Å²) in [5, 5.41) is 1.29. The van der Waals surface area contributed by atoms with E-state index < -0.39 is 0 Å². The minimum atomic E-state index is 0.877. The number of benzene rings is 1. The van der Waals surface area contributed by atoms with Crippen molar-refractivity contribution in [3.8, 4) is 0 Å². The van der Waals surface area contributed by atoms with Gasteiger partial charge in [-0.25, -0.2) is 0 Å². The predicted octanol–water partition coefficient (Wildman–Crippen LogP) is 3.39. The van der Waals surface area contributed by atoms with Gasteiger partial charge in [0, 0.05) is 30.7 Å². The van der Waals surface area contributed by atoms with Crippen molar-refractivity contribution >= 4 is 10.9 Å². The molecule has 1 aromatic carbocycles. The molecule has 0 amide bonds. The molecule has 0 atom stereocenters. The van der Waals surface area contributed by atoms with Gasteiger partial charge in [0.2, 0.25) is 0 Å². The summed E-state index contributed by atoms with van der Waals surface area (Å²) >= 11 is 0. The molecule has 0 unspecified atom stereocenters. The third-order valence-electron chi connectivity index (χ3n) is 2.96. The lowest BCUT2D eigenvalue weighted by molar-refractivity contribution is 0.830. The Hall–Kier alpha value is -2.09. The lowest BCUT2D eigenvalue weighted by atomic mass is 10.2. The molecule has 84 valence electrons. The molecular weight excluding hydrogens is 208 g/mol. The van der Waals surface area contributed by atoms with Crippen LogP contribution in [0.25, 0.3) is 10.9 Å². The van der Waals surface area contributed by atoms with Crippen LogP contribution in [0, 0.1) is 6.92 Å². The summed E-state index contributed by atoms with van der Waals surface area (Å²) in [7, 11) is 0. The summed E-state index contributed by atoms with van der Waals surface area (Å²) in [6, 6.07) is 12.8. The molecule has 3 aromatic rings. The summed E-state index contributed by atoms with van der Waals surface area (Å²) in [5.74, 6) is 0. The average molecular weight is 222 g/mol. The van der Waals surface area contributed by atoms with Crippen LogP contribution in [-0.2, 0) is 6.54 Å². The van der Waals surface area contributed by atoms with E-state index in [1.54, 1.807) is 0 Å². The minimum Gasteiger partial charge on any atom is -0.343 e. The van der Waals surface area contributed by atoms with E-state index in [0.717, 1.165) is 6.54 Å². The fourth-order valence-electron chi connectivity index (χ4n) is 2.18. The number of hydrogen-bond acceptors (Lipinski definition) is 1. The Morgan fingerprint density at radius 1 is 1.12 bits per heavy atom. The van der Waals surface area contributed by atoms with Crippen LogP contribution in [0.4, 0.5) is 0 Å². The fraction of sp³-hybridized carbons (Fsp3) is 0.133. The van der Waals surface area contributed by atoms with Crippen LogP contribution in [0.3, 0.4) is 0 Å². The Morgan fingerprint density at radius 3 is 2.88 bits per heavy atom. The molecule has 0 saturated heterocycles. The molecule has 0 saturated carbocycles. The van der Waals surface area contributed by atoms with Gasteiger partial charge in [0.1, 0.15) is 0 Å². The van der Waals surface area contributed by atoms with Crippen molar-refractivity contribution in [1.29, 1.82) is 0 Å². The largest absolute Gasteiger partial charge is 0.343 e.